The largest absolute Gasteiger partial charge is 0.438 e. The molecule has 0 aliphatic carbocycles. The van der Waals surface area contributed by atoms with Crippen molar-refractivity contribution in [1.82, 2.24) is 5.32 Å². The molecule has 25 heavy (non-hydrogen) atoms. The Bertz CT molecular complexity index is 693. The number of nitrogens with one attached hydrogen (secondary N) is 1. The number of rotatable bonds is 8. The average Bonchev–Trinajstić information content (AvgIpc) is 2.97. The second-order valence-corrected chi connectivity index (χ2v) is 8.33. The van der Waals surface area contributed by atoms with Crippen molar-refractivity contribution in [3.63, 3.8) is 0 Å². The Kier molecular flexibility index (Phi) is 6.33. The molecule has 2 rings (SSSR count). The number of hydrogen-bond donors (Lipinski definition) is 2. The van der Waals surface area contributed by atoms with Crippen LogP contribution < -0.4 is 16.4 Å². The predicted octanol–water partition coefficient (Wildman–Crippen LogP) is 0.796. The van der Waals surface area contributed by atoms with Crippen LogP contribution >= 0.6 is 7.37 Å². The fourth-order valence-corrected chi connectivity index (χ4v) is 3.80. The van der Waals surface area contributed by atoms with Crippen LogP contribution in [0.2, 0.25) is 0 Å². The predicted molar refractivity (Wildman–Crippen MR) is 90.8 cm³/mol. The van der Waals surface area contributed by atoms with Gasteiger partial charge in [-0.1, -0.05) is 18.2 Å². The lowest BCUT2D eigenvalue weighted by Crippen LogP contribution is -2.35. The number of benzene rings is 1. The van der Waals surface area contributed by atoms with E-state index in [1.807, 2.05) is 0 Å². The summed E-state index contributed by atoms with van der Waals surface area (Å²) in [6.45, 7) is 1.41. The highest BCUT2D eigenvalue weighted by molar-refractivity contribution is 7.66. The first-order valence-electron chi connectivity index (χ1n) is 7.84. The number of carbonyl (C=O) groups is 3. The van der Waals surface area contributed by atoms with Gasteiger partial charge in [0.1, 0.15) is 6.61 Å². The quantitative estimate of drug-likeness (QED) is 0.654. The Labute approximate surface area is 145 Å². The summed E-state index contributed by atoms with van der Waals surface area (Å²) in [7, 11) is -3.19. The molecule has 0 radical (unpaired) electrons. The van der Waals surface area contributed by atoms with Gasteiger partial charge in [0.2, 0.25) is 13.3 Å². The number of Topliss-reactive ketones (excluding diaryl/α,β-unsaturated/α-hetero) is 1. The summed E-state index contributed by atoms with van der Waals surface area (Å²) in [5.41, 5.74) is 5.00. The maximum absolute atomic E-state index is 12.6. The van der Waals surface area contributed by atoms with Crippen molar-refractivity contribution in [3.8, 4) is 0 Å². The third kappa shape index (κ3) is 5.41. The molecule has 1 aromatic carbocycles. The van der Waals surface area contributed by atoms with Gasteiger partial charge in [0.15, 0.2) is 11.9 Å². The number of primary amides is 1. The fraction of sp³-hybridized carbons (Fsp3) is 0.438. The monoisotopic (exact) mass is 368 g/mol. The summed E-state index contributed by atoms with van der Waals surface area (Å²) in [6, 6.07) is 8.50. The molecule has 1 saturated heterocycles. The second-order valence-electron chi connectivity index (χ2n) is 5.86. The second kappa shape index (κ2) is 8.27. The lowest BCUT2D eigenvalue weighted by Gasteiger charge is -2.19. The van der Waals surface area contributed by atoms with E-state index in [1.54, 1.807) is 30.3 Å². The van der Waals surface area contributed by atoms with Crippen molar-refractivity contribution in [2.45, 2.75) is 18.9 Å². The number of ether oxygens (including phenoxy) is 1. The Hall–Kier alpha value is -2.18. The molecule has 9 heteroatoms. The molecule has 3 atom stereocenters. The van der Waals surface area contributed by atoms with Gasteiger partial charge < -0.3 is 20.3 Å². The van der Waals surface area contributed by atoms with E-state index in [1.165, 1.54) is 6.66 Å². The number of hydrogen-bond acceptors (Lipinski definition) is 6. The first kappa shape index (κ1) is 19.1. The van der Waals surface area contributed by atoms with E-state index in [0.717, 1.165) is 0 Å². The highest BCUT2D eigenvalue weighted by Crippen LogP contribution is 2.41. The molecule has 136 valence electrons. The fourth-order valence-electron chi connectivity index (χ4n) is 2.57. The zero-order valence-corrected chi connectivity index (χ0v) is 14.7. The molecule has 8 nitrogen and oxygen atoms in total. The minimum Gasteiger partial charge on any atom is -0.438 e. The van der Waals surface area contributed by atoms with Gasteiger partial charge in [-0.15, -0.1) is 0 Å². The summed E-state index contributed by atoms with van der Waals surface area (Å²) in [5.74, 6) is -1.22. The third-order valence-electron chi connectivity index (χ3n) is 3.96. The molecule has 0 aromatic heterocycles. The highest BCUT2D eigenvalue weighted by atomic mass is 31.2. The lowest BCUT2D eigenvalue weighted by atomic mass is 9.98. The third-order valence-corrected chi connectivity index (χ3v) is 5.82. The van der Waals surface area contributed by atoms with E-state index < -0.39 is 37.9 Å². The van der Waals surface area contributed by atoms with Crippen molar-refractivity contribution < 1.29 is 28.2 Å². The highest BCUT2D eigenvalue weighted by Gasteiger charge is 2.33. The number of ketones is 1. The van der Waals surface area contributed by atoms with Crippen molar-refractivity contribution in [2.75, 3.05) is 19.8 Å². The zero-order valence-electron chi connectivity index (χ0n) is 13.8. The topological polar surface area (TPSA) is 125 Å². The van der Waals surface area contributed by atoms with Crippen LogP contribution in [0, 0.1) is 5.92 Å². The molecule has 0 spiro atoms. The van der Waals surface area contributed by atoms with Gasteiger partial charge in [0.25, 0.3) is 0 Å². The molecule has 1 aliphatic rings. The Morgan fingerprint density at radius 2 is 2.04 bits per heavy atom. The van der Waals surface area contributed by atoms with Crippen LogP contribution in [0.4, 0.5) is 4.79 Å². The molecule has 1 aromatic rings. The first-order valence-corrected chi connectivity index (χ1v) is 9.91. The Morgan fingerprint density at radius 1 is 1.36 bits per heavy atom. The van der Waals surface area contributed by atoms with Crippen LogP contribution in [0.3, 0.4) is 0 Å². The molecule has 0 bridgehead atoms. The molecule has 2 amide bonds. The van der Waals surface area contributed by atoms with Crippen LogP contribution in [-0.4, -0.2) is 43.7 Å². The normalized spacial score (nSPS) is 20.4. The van der Waals surface area contributed by atoms with E-state index in [4.69, 9.17) is 15.0 Å². The molecular formula is C16H21N2O6P. The molecule has 0 saturated carbocycles. The van der Waals surface area contributed by atoms with Crippen LogP contribution in [0.15, 0.2) is 30.3 Å². The van der Waals surface area contributed by atoms with Gasteiger partial charge in [-0.25, -0.2) is 4.79 Å². The smallest absolute Gasteiger partial charge is 0.405 e. The maximum atomic E-state index is 12.6. The number of carbonyl (C=O) groups excluding carboxylic acids is 3. The molecule has 3 N–H and O–H groups in total. The standard InChI is InChI=1S/C16H21N2O6P/c1-25(22,12-5-3-2-4-6-12)23-10-13(19)14(24-16(17)21)9-11-7-8-18-15(11)20/h2-6,11,14H,7-10H2,1H3,(H2,17,21)(H,18,20)/t11-,14?,25?/m0/s1. The Balaban J connectivity index is 2.00. The molecule has 1 aliphatic heterocycles. The van der Waals surface area contributed by atoms with Gasteiger partial charge in [0.05, 0.1) is 0 Å². The minimum absolute atomic E-state index is 0.0241. The zero-order chi connectivity index (χ0) is 18.4. The van der Waals surface area contributed by atoms with Gasteiger partial charge in [-0.05, 0) is 18.6 Å². The summed E-state index contributed by atoms with van der Waals surface area (Å²) in [4.78, 5) is 35.0. The molecule has 1 heterocycles. The SMILES string of the molecule is CP(=O)(OCC(=O)C(C[C@@H]1CCNC1=O)OC(N)=O)c1ccccc1. The van der Waals surface area contributed by atoms with Gasteiger partial charge in [-0.3, -0.25) is 14.2 Å². The first-order chi connectivity index (χ1) is 11.8. The lowest BCUT2D eigenvalue weighted by molar-refractivity contribution is -0.131. The summed E-state index contributed by atoms with van der Waals surface area (Å²) >= 11 is 0. The average molecular weight is 368 g/mol. The minimum atomic E-state index is -3.19. The van der Waals surface area contributed by atoms with E-state index in [-0.39, 0.29) is 12.3 Å². The van der Waals surface area contributed by atoms with Crippen LogP contribution in [0.5, 0.6) is 0 Å². The molecular weight excluding hydrogens is 347 g/mol. The van der Waals surface area contributed by atoms with Crippen molar-refractivity contribution in [1.29, 1.82) is 0 Å². The van der Waals surface area contributed by atoms with Gasteiger partial charge in [-0.2, -0.15) is 0 Å². The summed E-state index contributed by atoms with van der Waals surface area (Å²) in [5, 5.41) is 3.12. The van der Waals surface area contributed by atoms with Gasteiger partial charge in [0, 0.05) is 30.9 Å². The molecule has 2 unspecified atom stereocenters. The van der Waals surface area contributed by atoms with Gasteiger partial charge >= 0.3 is 6.09 Å². The van der Waals surface area contributed by atoms with Crippen molar-refractivity contribution >= 4 is 30.5 Å². The van der Waals surface area contributed by atoms with Crippen LogP contribution in [0.25, 0.3) is 0 Å². The number of amides is 2. The van der Waals surface area contributed by atoms with Crippen molar-refractivity contribution in [3.05, 3.63) is 30.3 Å². The summed E-state index contributed by atoms with van der Waals surface area (Å²) < 4.78 is 22.7. The Morgan fingerprint density at radius 3 is 2.60 bits per heavy atom. The van der Waals surface area contributed by atoms with E-state index >= 15 is 0 Å². The van der Waals surface area contributed by atoms with Crippen molar-refractivity contribution in [2.24, 2.45) is 11.7 Å². The molecule has 1 fully saturated rings. The maximum Gasteiger partial charge on any atom is 0.405 e. The van der Waals surface area contributed by atoms with E-state index in [2.05, 4.69) is 5.32 Å². The van der Waals surface area contributed by atoms with E-state index in [0.29, 0.717) is 18.3 Å². The van der Waals surface area contributed by atoms with Crippen LogP contribution in [-0.2, 0) is 23.4 Å². The summed E-state index contributed by atoms with van der Waals surface area (Å²) in [6.07, 6.45) is -1.75. The van der Waals surface area contributed by atoms with E-state index in [9.17, 15) is 18.9 Å². The van der Waals surface area contributed by atoms with Crippen LogP contribution in [0.1, 0.15) is 12.8 Å². The number of nitrogens with two attached hydrogens (primary N) is 1.